The highest BCUT2D eigenvalue weighted by molar-refractivity contribution is 7.10. The molecule has 1 atom stereocenters. The van der Waals surface area contributed by atoms with Crippen LogP contribution in [-0.2, 0) is 22.6 Å². The number of hydrogen-bond acceptors (Lipinski definition) is 6. The number of amides is 1. The first-order chi connectivity index (χ1) is 23.0. The highest BCUT2D eigenvalue weighted by Gasteiger charge is 2.21. The second-order valence-electron chi connectivity index (χ2n) is 10.9. The molecular formula is C39H36N2O5S. The van der Waals surface area contributed by atoms with E-state index >= 15 is 0 Å². The van der Waals surface area contributed by atoms with Gasteiger partial charge in [0.15, 0.2) is 5.78 Å². The quantitative estimate of drug-likeness (QED) is 0.0653. The van der Waals surface area contributed by atoms with Crippen LogP contribution in [0.1, 0.15) is 38.3 Å². The van der Waals surface area contributed by atoms with Crippen LogP contribution in [-0.4, -0.2) is 46.9 Å². The Balaban J connectivity index is 1.15. The van der Waals surface area contributed by atoms with Gasteiger partial charge in [0.25, 0.3) is 0 Å². The minimum Gasteiger partial charge on any atom is -0.494 e. The number of thiophene rings is 1. The van der Waals surface area contributed by atoms with Crippen molar-refractivity contribution in [2.45, 2.75) is 25.4 Å². The minimum absolute atomic E-state index is 0.0553. The van der Waals surface area contributed by atoms with Crippen LogP contribution in [0.5, 0.6) is 5.75 Å². The summed E-state index contributed by atoms with van der Waals surface area (Å²) in [5.74, 6) is -0.597. The molecule has 0 aliphatic carbocycles. The molecule has 238 valence electrons. The lowest BCUT2D eigenvalue weighted by molar-refractivity contribution is -0.137. The molecule has 1 heterocycles. The van der Waals surface area contributed by atoms with Crippen molar-refractivity contribution in [1.82, 2.24) is 4.90 Å². The van der Waals surface area contributed by atoms with Crippen molar-refractivity contribution in [2.75, 3.05) is 18.5 Å². The van der Waals surface area contributed by atoms with Crippen molar-refractivity contribution in [3.8, 4) is 5.75 Å². The zero-order valence-corrected chi connectivity index (χ0v) is 26.6. The van der Waals surface area contributed by atoms with E-state index in [4.69, 9.17) is 4.74 Å². The number of aliphatic carboxylic acids is 1. The van der Waals surface area contributed by atoms with Crippen LogP contribution in [0.2, 0.25) is 0 Å². The Morgan fingerprint density at radius 2 is 1.51 bits per heavy atom. The molecule has 5 rings (SSSR count). The van der Waals surface area contributed by atoms with Crippen LogP contribution in [0.15, 0.2) is 133 Å². The Hall–Kier alpha value is -5.47. The fourth-order valence-electron chi connectivity index (χ4n) is 5.06. The van der Waals surface area contributed by atoms with Gasteiger partial charge in [0, 0.05) is 47.3 Å². The molecule has 0 fully saturated rings. The van der Waals surface area contributed by atoms with Gasteiger partial charge in [-0.15, -0.1) is 11.3 Å². The van der Waals surface area contributed by atoms with Gasteiger partial charge in [0.2, 0.25) is 5.91 Å². The molecule has 1 unspecified atom stereocenters. The van der Waals surface area contributed by atoms with E-state index in [1.807, 2.05) is 89.2 Å². The van der Waals surface area contributed by atoms with E-state index in [1.165, 1.54) is 0 Å². The van der Waals surface area contributed by atoms with E-state index in [0.29, 0.717) is 48.7 Å². The molecule has 0 aliphatic heterocycles. The summed E-state index contributed by atoms with van der Waals surface area (Å²) < 4.78 is 5.97. The molecule has 0 saturated heterocycles. The van der Waals surface area contributed by atoms with Crippen LogP contribution in [0.25, 0.3) is 6.08 Å². The van der Waals surface area contributed by atoms with E-state index in [-0.39, 0.29) is 18.1 Å². The molecule has 7 nitrogen and oxygen atoms in total. The van der Waals surface area contributed by atoms with E-state index < -0.39 is 12.0 Å². The van der Waals surface area contributed by atoms with Gasteiger partial charge in [-0.3, -0.25) is 9.59 Å². The van der Waals surface area contributed by atoms with Crippen molar-refractivity contribution in [3.63, 3.8) is 0 Å². The van der Waals surface area contributed by atoms with Gasteiger partial charge in [-0.25, -0.2) is 4.79 Å². The molecule has 0 aliphatic rings. The average molecular weight is 645 g/mol. The normalized spacial score (nSPS) is 11.6. The third kappa shape index (κ3) is 9.76. The molecule has 0 bridgehead atoms. The van der Waals surface area contributed by atoms with Crippen molar-refractivity contribution >= 4 is 40.8 Å². The van der Waals surface area contributed by atoms with Crippen molar-refractivity contribution < 1.29 is 24.2 Å². The van der Waals surface area contributed by atoms with Gasteiger partial charge in [0.1, 0.15) is 11.8 Å². The van der Waals surface area contributed by atoms with Crippen LogP contribution in [0, 0.1) is 0 Å². The van der Waals surface area contributed by atoms with Gasteiger partial charge in [-0.2, -0.15) is 0 Å². The van der Waals surface area contributed by atoms with E-state index in [1.54, 1.807) is 65.9 Å². The third-order valence-electron chi connectivity index (χ3n) is 7.50. The van der Waals surface area contributed by atoms with Crippen molar-refractivity contribution in [1.29, 1.82) is 0 Å². The third-order valence-corrected chi connectivity index (χ3v) is 8.34. The lowest BCUT2D eigenvalue weighted by atomic mass is 10.00. The Bertz CT molecular complexity index is 1770. The zero-order chi connectivity index (χ0) is 32.8. The van der Waals surface area contributed by atoms with Gasteiger partial charge in [-0.05, 0) is 59.3 Å². The Kier molecular flexibility index (Phi) is 11.7. The number of carboxylic acids is 1. The first-order valence-corrected chi connectivity index (χ1v) is 16.3. The predicted octanol–water partition coefficient (Wildman–Crippen LogP) is 7.60. The number of carboxylic acid groups (broad SMARTS) is 1. The van der Waals surface area contributed by atoms with Crippen LogP contribution >= 0.6 is 11.3 Å². The summed E-state index contributed by atoms with van der Waals surface area (Å²) in [4.78, 5) is 41.2. The van der Waals surface area contributed by atoms with Gasteiger partial charge < -0.3 is 20.1 Å². The highest BCUT2D eigenvalue weighted by atomic mass is 32.1. The Morgan fingerprint density at radius 3 is 2.21 bits per heavy atom. The number of ether oxygens (including phenoxy) is 1. The lowest BCUT2D eigenvalue weighted by Gasteiger charge is -2.21. The standard InChI is InChI=1S/C39H36N2O5S/c42-37(23-22-33-15-9-26-47-33)41(28-30-11-3-1-4-12-30)24-10-25-46-32-20-18-29(19-21-32)27-36(39(44)45)40-35-17-8-7-16-34(35)38(43)31-13-5-2-6-14-31/h1-9,11-23,26,36,40H,10,24-25,27-28H2,(H,44,45). The average Bonchev–Trinajstić information content (AvgIpc) is 3.63. The molecule has 0 spiro atoms. The molecule has 0 saturated carbocycles. The smallest absolute Gasteiger partial charge is 0.326 e. The molecule has 0 radical (unpaired) electrons. The maximum atomic E-state index is 13.1. The summed E-state index contributed by atoms with van der Waals surface area (Å²) in [5.41, 5.74) is 3.28. The van der Waals surface area contributed by atoms with Crippen LogP contribution in [0.4, 0.5) is 5.69 Å². The van der Waals surface area contributed by atoms with Crippen molar-refractivity contribution in [2.24, 2.45) is 0 Å². The molecule has 2 N–H and O–H groups in total. The fraction of sp³-hybridized carbons (Fsp3) is 0.154. The first kappa shape index (κ1) is 32.9. The van der Waals surface area contributed by atoms with Crippen molar-refractivity contribution in [3.05, 3.63) is 160 Å². The van der Waals surface area contributed by atoms with Gasteiger partial charge in [-0.1, -0.05) is 91.0 Å². The maximum Gasteiger partial charge on any atom is 0.326 e. The number of nitrogens with one attached hydrogen (secondary N) is 1. The number of ketones is 1. The first-order valence-electron chi connectivity index (χ1n) is 15.4. The number of carbonyl (C=O) groups is 3. The summed E-state index contributed by atoms with van der Waals surface area (Å²) in [6, 6.07) is 36.1. The van der Waals surface area contributed by atoms with E-state index in [2.05, 4.69) is 5.32 Å². The number of hydrogen-bond donors (Lipinski definition) is 2. The monoisotopic (exact) mass is 644 g/mol. The topological polar surface area (TPSA) is 95.9 Å². The summed E-state index contributed by atoms with van der Waals surface area (Å²) in [6.45, 7) is 1.45. The molecule has 47 heavy (non-hydrogen) atoms. The molecule has 1 amide bonds. The van der Waals surface area contributed by atoms with E-state index in [0.717, 1.165) is 16.0 Å². The summed E-state index contributed by atoms with van der Waals surface area (Å²) in [6.07, 6.45) is 4.31. The second kappa shape index (κ2) is 16.7. The summed E-state index contributed by atoms with van der Waals surface area (Å²) in [7, 11) is 0. The minimum atomic E-state index is -1.02. The second-order valence-corrected chi connectivity index (χ2v) is 11.9. The Morgan fingerprint density at radius 1 is 0.809 bits per heavy atom. The molecule has 5 aromatic rings. The number of carbonyl (C=O) groups excluding carboxylic acids is 2. The number of benzene rings is 4. The molecule has 4 aromatic carbocycles. The number of para-hydroxylation sites is 1. The van der Waals surface area contributed by atoms with Gasteiger partial charge >= 0.3 is 5.97 Å². The fourth-order valence-corrected chi connectivity index (χ4v) is 5.68. The Labute approximate surface area is 278 Å². The number of nitrogens with zero attached hydrogens (tertiary/aromatic N) is 1. The molecule has 8 heteroatoms. The number of rotatable bonds is 16. The van der Waals surface area contributed by atoms with Gasteiger partial charge in [0.05, 0.1) is 6.61 Å². The van der Waals surface area contributed by atoms with Crippen LogP contribution in [0.3, 0.4) is 0 Å². The summed E-state index contributed by atoms with van der Waals surface area (Å²) >= 11 is 1.58. The predicted molar refractivity (Wildman–Crippen MR) is 187 cm³/mol. The largest absolute Gasteiger partial charge is 0.494 e. The lowest BCUT2D eigenvalue weighted by Crippen LogP contribution is -2.32. The maximum absolute atomic E-state index is 13.1. The summed E-state index contributed by atoms with van der Waals surface area (Å²) in [5, 5.41) is 15.0. The van der Waals surface area contributed by atoms with E-state index in [9.17, 15) is 19.5 Å². The molecular weight excluding hydrogens is 609 g/mol. The molecule has 1 aromatic heterocycles. The highest BCUT2D eigenvalue weighted by Crippen LogP contribution is 2.22. The SMILES string of the molecule is O=C(c1ccccc1)c1ccccc1NC(Cc1ccc(OCCCN(Cc2ccccc2)C(=O)C=Cc2cccs2)cc1)C(=O)O. The number of anilines is 1. The van der Waals surface area contributed by atoms with Crippen LogP contribution < -0.4 is 10.1 Å². The zero-order valence-electron chi connectivity index (χ0n) is 25.8.